The molecule has 0 aliphatic carbocycles. The summed E-state index contributed by atoms with van der Waals surface area (Å²) in [6, 6.07) is 20.4. The fourth-order valence-electron chi connectivity index (χ4n) is 2.41. The molecular weight excluding hydrogens is 272 g/mol. The maximum Gasteiger partial charge on any atom is 0.317 e. The highest BCUT2D eigenvalue weighted by atomic mass is 16.2. The van der Waals surface area contributed by atoms with E-state index in [-0.39, 0.29) is 6.03 Å². The lowest BCUT2D eigenvalue weighted by molar-refractivity contribution is 0.206. The molecule has 0 aliphatic rings. The van der Waals surface area contributed by atoms with Crippen LogP contribution >= 0.6 is 0 Å². The molecule has 2 rings (SSSR count). The molecule has 3 heteroatoms. The predicted octanol–water partition coefficient (Wildman–Crippen LogP) is 4.02. The summed E-state index contributed by atoms with van der Waals surface area (Å²) < 4.78 is 0. The molecule has 0 heterocycles. The Balaban J connectivity index is 1.73. The van der Waals surface area contributed by atoms with E-state index in [9.17, 15) is 4.79 Å². The molecule has 1 N–H and O–H groups in total. The second-order valence-corrected chi connectivity index (χ2v) is 5.67. The predicted molar refractivity (Wildman–Crippen MR) is 90.8 cm³/mol. The molecule has 2 aromatic carbocycles. The van der Waals surface area contributed by atoms with Gasteiger partial charge in [0.05, 0.1) is 0 Å². The van der Waals surface area contributed by atoms with Gasteiger partial charge in [-0.3, -0.25) is 0 Å². The van der Waals surface area contributed by atoms with E-state index in [1.165, 1.54) is 5.56 Å². The van der Waals surface area contributed by atoms with Gasteiger partial charge in [0.25, 0.3) is 0 Å². The highest BCUT2D eigenvalue weighted by Crippen LogP contribution is 2.17. The SMILES string of the molecule is CC(CCNC(=O)N(C)Cc1ccccc1)c1ccccc1. The van der Waals surface area contributed by atoms with Gasteiger partial charge >= 0.3 is 6.03 Å². The number of hydrogen-bond donors (Lipinski definition) is 1. The number of benzene rings is 2. The van der Waals surface area contributed by atoms with Gasteiger partial charge in [-0.2, -0.15) is 0 Å². The smallest absolute Gasteiger partial charge is 0.317 e. The van der Waals surface area contributed by atoms with Crippen molar-refractivity contribution in [2.75, 3.05) is 13.6 Å². The lowest BCUT2D eigenvalue weighted by Gasteiger charge is -2.19. The van der Waals surface area contributed by atoms with Crippen LogP contribution in [0.3, 0.4) is 0 Å². The van der Waals surface area contributed by atoms with Crippen LogP contribution < -0.4 is 5.32 Å². The molecule has 22 heavy (non-hydrogen) atoms. The molecule has 2 amide bonds. The zero-order chi connectivity index (χ0) is 15.8. The van der Waals surface area contributed by atoms with Crippen molar-refractivity contribution in [1.82, 2.24) is 10.2 Å². The van der Waals surface area contributed by atoms with E-state index in [4.69, 9.17) is 0 Å². The number of nitrogens with zero attached hydrogens (tertiary/aromatic N) is 1. The molecule has 0 aliphatic heterocycles. The fraction of sp³-hybridized carbons (Fsp3) is 0.316. The van der Waals surface area contributed by atoms with Crippen molar-refractivity contribution in [2.24, 2.45) is 0 Å². The quantitative estimate of drug-likeness (QED) is 0.858. The van der Waals surface area contributed by atoms with Crippen LogP contribution in [0.4, 0.5) is 4.79 Å². The minimum atomic E-state index is -0.0240. The van der Waals surface area contributed by atoms with Crippen LogP contribution in [0.2, 0.25) is 0 Å². The van der Waals surface area contributed by atoms with E-state index in [0.29, 0.717) is 19.0 Å². The Morgan fingerprint density at radius 1 is 1.05 bits per heavy atom. The average Bonchev–Trinajstić information content (AvgIpc) is 2.56. The first-order valence-corrected chi connectivity index (χ1v) is 7.74. The van der Waals surface area contributed by atoms with Gasteiger partial charge in [0, 0.05) is 20.1 Å². The summed E-state index contributed by atoms with van der Waals surface area (Å²) in [5.41, 5.74) is 2.45. The summed E-state index contributed by atoms with van der Waals surface area (Å²) in [4.78, 5) is 13.8. The van der Waals surface area contributed by atoms with Crippen molar-refractivity contribution in [1.29, 1.82) is 0 Å². The van der Waals surface area contributed by atoms with Gasteiger partial charge < -0.3 is 10.2 Å². The van der Waals surface area contributed by atoms with Gasteiger partial charge in [-0.1, -0.05) is 67.6 Å². The number of rotatable bonds is 6. The number of hydrogen-bond acceptors (Lipinski definition) is 1. The number of urea groups is 1. The van der Waals surface area contributed by atoms with Gasteiger partial charge in [0.15, 0.2) is 0 Å². The molecule has 0 fully saturated rings. The van der Waals surface area contributed by atoms with Crippen molar-refractivity contribution in [3.63, 3.8) is 0 Å². The van der Waals surface area contributed by atoms with Crippen LogP contribution in [-0.4, -0.2) is 24.5 Å². The summed E-state index contributed by atoms with van der Waals surface area (Å²) in [7, 11) is 1.82. The second kappa shape index (κ2) is 8.23. The largest absolute Gasteiger partial charge is 0.338 e. The van der Waals surface area contributed by atoms with E-state index in [1.54, 1.807) is 4.90 Å². The van der Waals surface area contributed by atoms with Crippen LogP contribution in [0, 0.1) is 0 Å². The van der Waals surface area contributed by atoms with Crippen LogP contribution in [0.25, 0.3) is 0 Å². The molecule has 0 bridgehead atoms. The Morgan fingerprint density at radius 2 is 1.64 bits per heavy atom. The van der Waals surface area contributed by atoms with Gasteiger partial charge in [0.1, 0.15) is 0 Å². The van der Waals surface area contributed by atoms with Crippen LogP contribution in [0.5, 0.6) is 0 Å². The highest BCUT2D eigenvalue weighted by molar-refractivity contribution is 5.73. The molecule has 1 atom stereocenters. The molecule has 116 valence electrons. The Hall–Kier alpha value is -2.29. The molecule has 2 aromatic rings. The van der Waals surface area contributed by atoms with E-state index in [2.05, 4.69) is 36.5 Å². The van der Waals surface area contributed by atoms with Crippen molar-refractivity contribution >= 4 is 6.03 Å². The first-order chi connectivity index (χ1) is 10.7. The Morgan fingerprint density at radius 3 is 2.27 bits per heavy atom. The maximum absolute atomic E-state index is 12.1. The van der Waals surface area contributed by atoms with Crippen LogP contribution in [0.15, 0.2) is 60.7 Å². The lowest BCUT2D eigenvalue weighted by atomic mass is 9.98. The molecule has 0 spiro atoms. The summed E-state index contributed by atoms with van der Waals surface area (Å²) in [5.74, 6) is 0.445. The molecular formula is C19H24N2O. The number of carbonyl (C=O) groups excluding carboxylic acids is 1. The minimum Gasteiger partial charge on any atom is -0.338 e. The third-order valence-electron chi connectivity index (χ3n) is 3.83. The standard InChI is InChI=1S/C19H24N2O/c1-16(18-11-7-4-8-12-18)13-14-20-19(22)21(2)15-17-9-5-3-6-10-17/h3-12,16H,13-15H2,1-2H3,(H,20,22). The summed E-state index contributed by atoms with van der Waals surface area (Å²) >= 11 is 0. The van der Waals surface area contributed by atoms with Gasteiger partial charge in [-0.25, -0.2) is 4.79 Å². The molecule has 1 unspecified atom stereocenters. The topological polar surface area (TPSA) is 32.3 Å². The van der Waals surface area contributed by atoms with Gasteiger partial charge in [0.2, 0.25) is 0 Å². The second-order valence-electron chi connectivity index (χ2n) is 5.67. The molecule has 0 radical (unpaired) electrons. The van der Waals surface area contributed by atoms with Crippen LogP contribution in [-0.2, 0) is 6.54 Å². The van der Waals surface area contributed by atoms with Crippen molar-refractivity contribution in [3.05, 3.63) is 71.8 Å². The summed E-state index contributed by atoms with van der Waals surface area (Å²) in [6.45, 7) is 3.50. The Bertz CT molecular complexity index is 569. The third kappa shape index (κ3) is 4.92. The maximum atomic E-state index is 12.1. The summed E-state index contributed by atoms with van der Waals surface area (Å²) in [5, 5.41) is 2.99. The number of nitrogens with one attached hydrogen (secondary N) is 1. The first-order valence-electron chi connectivity index (χ1n) is 7.74. The summed E-state index contributed by atoms with van der Waals surface area (Å²) in [6.07, 6.45) is 0.939. The first kappa shape index (κ1) is 16.1. The normalized spacial score (nSPS) is 11.7. The van der Waals surface area contributed by atoms with Crippen molar-refractivity contribution in [2.45, 2.75) is 25.8 Å². The van der Waals surface area contributed by atoms with E-state index < -0.39 is 0 Å². The zero-order valence-corrected chi connectivity index (χ0v) is 13.3. The van der Waals surface area contributed by atoms with Crippen LogP contribution in [0.1, 0.15) is 30.4 Å². The van der Waals surface area contributed by atoms with Gasteiger partial charge in [-0.15, -0.1) is 0 Å². The molecule has 0 saturated heterocycles. The monoisotopic (exact) mass is 296 g/mol. The van der Waals surface area contributed by atoms with E-state index in [1.807, 2.05) is 43.4 Å². The van der Waals surface area contributed by atoms with Crippen molar-refractivity contribution in [3.8, 4) is 0 Å². The number of amides is 2. The Labute approximate surface area is 133 Å². The lowest BCUT2D eigenvalue weighted by Crippen LogP contribution is -2.37. The number of carbonyl (C=O) groups is 1. The molecule has 0 saturated carbocycles. The van der Waals surface area contributed by atoms with Crippen molar-refractivity contribution < 1.29 is 4.79 Å². The molecule has 0 aromatic heterocycles. The van der Waals surface area contributed by atoms with E-state index >= 15 is 0 Å². The van der Waals surface area contributed by atoms with E-state index in [0.717, 1.165) is 12.0 Å². The Kier molecular flexibility index (Phi) is 6.01. The molecule has 3 nitrogen and oxygen atoms in total. The highest BCUT2D eigenvalue weighted by Gasteiger charge is 2.10. The average molecular weight is 296 g/mol. The fourth-order valence-corrected chi connectivity index (χ4v) is 2.41. The minimum absolute atomic E-state index is 0.0240. The van der Waals surface area contributed by atoms with Gasteiger partial charge in [-0.05, 0) is 23.5 Å². The third-order valence-corrected chi connectivity index (χ3v) is 3.83. The zero-order valence-electron chi connectivity index (χ0n) is 13.3.